The van der Waals surface area contributed by atoms with Crippen molar-refractivity contribution in [2.24, 2.45) is 0 Å². The van der Waals surface area contributed by atoms with E-state index in [1.54, 1.807) is 0 Å². The van der Waals surface area contributed by atoms with E-state index in [0.29, 0.717) is 5.56 Å². The molecule has 2 heterocycles. The molecule has 182 valence electrons. The second-order valence-electron chi connectivity index (χ2n) is 8.93. The number of aryl methyl sites for hydroxylation is 2. The van der Waals surface area contributed by atoms with Gasteiger partial charge in [-0.15, -0.1) is 0 Å². The number of carbonyl (C=O) groups excluding carboxylic acids is 1. The molecule has 0 aliphatic rings. The molecule has 1 atom stereocenters. The highest BCUT2D eigenvalue weighted by Gasteiger charge is 2.32. The summed E-state index contributed by atoms with van der Waals surface area (Å²) < 4.78 is 43.1. The lowest BCUT2D eigenvalue weighted by Gasteiger charge is -2.30. The van der Waals surface area contributed by atoms with Crippen LogP contribution in [0.25, 0.3) is 16.8 Å². The summed E-state index contributed by atoms with van der Waals surface area (Å²) >= 11 is 0. The summed E-state index contributed by atoms with van der Waals surface area (Å²) in [5, 5.41) is 17.5. The zero-order valence-corrected chi connectivity index (χ0v) is 19.4. The van der Waals surface area contributed by atoms with Crippen molar-refractivity contribution in [3.05, 3.63) is 92.8 Å². The second kappa shape index (κ2) is 8.70. The van der Waals surface area contributed by atoms with Crippen LogP contribution in [0.5, 0.6) is 0 Å². The maximum absolute atomic E-state index is 14.5. The van der Waals surface area contributed by atoms with Crippen molar-refractivity contribution in [1.29, 1.82) is 0 Å². The van der Waals surface area contributed by atoms with Crippen LogP contribution in [0.2, 0.25) is 0 Å². The minimum atomic E-state index is -1.42. The quantitative estimate of drug-likeness (QED) is 0.399. The van der Waals surface area contributed by atoms with E-state index < -0.39 is 40.6 Å². The van der Waals surface area contributed by atoms with Crippen molar-refractivity contribution < 1.29 is 23.1 Å². The number of nitrogens with one attached hydrogen (secondary N) is 2. The third-order valence-corrected chi connectivity index (χ3v) is 5.83. The van der Waals surface area contributed by atoms with E-state index in [4.69, 9.17) is 0 Å². The molecular weight excluding hydrogens is 461 g/mol. The first-order chi connectivity index (χ1) is 16.4. The van der Waals surface area contributed by atoms with Gasteiger partial charge in [0.05, 0.1) is 23.5 Å². The number of rotatable bonds is 5. The smallest absolute Gasteiger partial charge is 0.274 e. The van der Waals surface area contributed by atoms with Gasteiger partial charge >= 0.3 is 0 Å². The van der Waals surface area contributed by atoms with Crippen LogP contribution in [0.1, 0.15) is 47.1 Å². The van der Waals surface area contributed by atoms with Gasteiger partial charge in [0, 0.05) is 11.1 Å². The molecule has 0 aliphatic carbocycles. The zero-order chi connectivity index (χ0) is 25.7. The van der Waals surface area contributed by atoms with Gasteiger partial charge < -0.3 is 15.4 Å². The van der Waals surface area contributed by atoms with Crippen molar-refractivity contribution in [2.75, 3.05) is 0 Å². The average Bonchev–Trinajstić information content (AvgIpc) is 3.12. The summed E-state index contributed by atoms with van der Waals surface area (Å²) in [6.07, 6.45) is 1.29. The number of hydrogen-bond donors (Lipinski definition) is 3. The molecule has 35 heavy (non-hydrogen) atoms. The SMILES string of the molecule is Cc1ccc(-c2cn3nc(C(=O)NC(c4ccc(F)cc4)C(C)(C)O)c(C)c3c(=O)[nH]2)c(F)c1F. The zero-order valence-electron chi connectivity index (χ0n) is 19.4. The van der Waals surface area contributed by atoms with Crippen LogP contribution in [0.4, 0.5) is 13.2 Å². The van der Waals surface area contributed by atoms with Crippen molar-refractivity contribution >= 4 is 11.4 Å². The third kappa shape index (κ3) is 4.44. The minimum Gasteiger partial charge on any atom is -0.388 e. The van der Waals surface area contributed by atoms with Crippen molar-refractivity contribution in [2.45, 2.75) is 39.3 Å². The average molecular weight is 484 g/mol. The Morgan fingerprint density at radius 3 is 2.37 bits per heavy atom. The highest BCUT2D eigenvalue weighted by molar-refractivity contribution is 5.96. The molecule has 2 aromatic carbocycles. The monoisotopic (exact) mass is 484 g/mol. The number of carbonyl (C=O) groups is 1. The molecule has 2 aromatic heterocycles. The Labute approximate surface area is 198 Å². The minimum absolute atomic E-state index is 0.0194. The van der Waals surface area contributed by atoms with E-state index in [0.717, 1.165) is 4.52 Å². The highest BCUT2D eigenvalue weighted by Crippen LogP contribution is 2.27. The van der Waals surface area contributed by atoms with Gasteiger partial charge in [0.2, 0.25) is 0 Å². The Hall–Kier alpha value is -3.92. The predicted molar refractivity (Wildman–Crippen MR) is 124 cm³/mol. The van der Waals surface area contributed by atoms with E-state index in [9.17, 15) is 27.9 Å². The number of halogens is 3. The van der Waals surface area contributed by atoms with E-state index in [-0.39, 0.29) is 33.6 Å². The molecule has 0 radical (unpaired) electrons. The lowest BCUT2D eigenvalue weighted by molar-refractivity contribution is 0.0342. The van der Waals surface area contributed by atoms with Gasteiger partial charge in [-0.2, -0.15) is 5.10 Å². The van der Waals surface area contributed by atoms with Crippen molar-refractivity contribution in [1.82, 2.24) is 19.9 Å². The van der Waals surface area contributed by atoms with Crippen LogP contribution in [-0.4, -0.2) is 31.2 Å². The molecule has 0 saturated heterocycles. The van der Waals surface area contributed by atoms with Gasteiger partial charge in [0.15, 0.2) is 17.3 Å². The summed E-state index contributed by atoms with van der Waals surface area (Å²) in [6.45, 7) is 5.92. The molecule has 4 aromatic rings. The Morgan fingerprint density at radius 1 is 1.09 bits per heavy atom. The summed E-state index contributed by atoms with van der Waals surface area (Å²) in [5.41, 5.74) is -1.47. The standard InChI is InChI=1S/C25H23F3N4O3/c1-12-5-10-16(19(28)18(12)27)17-11-32-21(24(34)29-17)13(2)20(31-32)23(33)30-22(25(3,4)35)14-6-8-15(26)9-7-14/h5-11,22,35H,1-4H3,(H,29,34)(H,30,33). The number of hydrogen-bond acceptors (Lipinski definition) is 4. The number of aliphatic hydroxyl groups is 1. The van der Waals surface area contributed by atoms with Gasteiger partial charge in [-0.25, -0.2) is 17.7 Å². The largest absolute Gasteiger partial charge is 0.388 e. The maximum Gasteiger partial charge on any atom is 0.274 e. The molecule has 7 nitrogen and oxygen atoms in total. The van der Waals surface area contributed by atoms with Crippen LogP contribution >= 0.6 is 0 Å². The van der Waals surface area contributed by atoms with Crippen LogP contribution in [-0.2, 0) is 0 Å². The Morgan fingerprint density at radius 2 is 1.74 bits per heavy atom. The Bertz CT molecular complexity index is 1500. The maximum atomic E-state index is 14.5. The molecule has 10 heteroatoms. The molecule has 0 spiro atoms. The number of H-pyrrole nitrogens is 1. The summed E-state index contributed by atoms with van der Waals surface area (Å²) in [4.78, 5) is 28.4. The molecule has 0 fully saturated rings. The van der Waals surface area contributed by atoms with Crippen molar-refractivity contribution in [3.8, 4) is 11.3 Å². The number of nitrogens with zero attached hydrogens (tertiary/aromatic N) is 2. The number of benzene rings is 2. The Kier molecular flexibility index (Phi) is 6.02. The van der Waals surface area contributed by atoms with E-state index in [1.807, 2.05) is 0 Å². The lowest BCUT2D eigenvalue weighted by atomic mass is 9.91. The molecule has 1 unspecified atom stereocenters. The third-order valence-electron chi connectivity index (χ3n) is 5.83. The Balaban J connectivity index is 1.76. The van der Waals surface area contributed by atoms with Crippen molar-refractivity contribution in [3.63, 3.8) is 0 Å². The molecule has 3 N–H and O–H groups in total. The van der Waals surface area contributed by atoms with Gasteiger partial charge in [0.1, 0.15) is 11.3 Å². The van der Waals surface area contributed by atoms with E-state index >= 15 is 0 Å². The fraction of sp³-hybridized carbons (Fsp3) is 0.240. The first-order valence-electron chi connectivity index (χ1n) is 10.7. The predicted octanol–water partition coefficient (Wildman–Crippen LogP) is 3.97. The molecule has 0 bridgehead atoms. The number of aromatic nitrogens is 3. The fourth-order valence-corrected chi connectivity index (χ4v) is 3.95. The number of aromatic amines is 1. The molecule has 0 saturated carbocycles. The van der Waals surface area contributed by atoms with Gasteiger partial charge in [-0.3, -0.25) is 9.59 Å². The molecule has 1 amide bonds. The highest BCUT2D eigenvalue weighted by atomic mass is 19.2. The fourth-order valence-electron chi connectivity index (χ4n) is 3.95. The summed E-state index contributed by atoms with van der Waals surface area (Å²) in [5.74, 6) is -3.30. The van der Waals surface area contributed by atoms with Crippen LogP contribution in [0.15, 0.2) is 47.4 Å². The number of amides is 1. The molecular formula is C25H23F3N4O3. The molecule has 0 aliphatic heterocycles. The van der Waals surface area contributed by atoms with E-state index in [1.165, 1.54) is 70.3 Å². The normalized spacial score (nSPS) is 12.7. The second-order valence-corrected chi connectivity index (χ2v) is 8.93. The van der Waals surface area contributed by atoms with Gasteiger partial charge in [0.25, 0.3) is 11.5 Å². The van der Waals surface area contributed by atoms with Gasteiger partial charge in [-0.1, -0.05) is 18.2 Å². The van der Waals surface area contributed by atoms with Crippen LogP contribution < -0.4 is 10.9 Å². The summed E-state index contributed by atoms with van der Waals surface area (Å²) in [7, 11) is 0. The molecule has 4 rings (SSSR count). The van der Waals surface area contributed by atoms with Crippen LogP contribution in [0, 0.1) is 31.3 Å². The first-order valence-corrected chi connectivity index (χ1v) is 10.7. The number of fused-ring (bicyclic) bond motifs is 1. The lowest BCUT2D eigenvalue weighted by Crippen LogP contribution is -2.42. The topological polar surface area (TPSA) is 99.5 Å². The van der Waals surface area contributed by atoms with E-state index in [2.05, 4.69) is 15.4 Å². The van der Waals surface area contributed by atoms with Crippen LogP contribution in [0.3, 0.4) is 0 Å². The summed E-state index contributed by atoms with van der Waals surface area (Å²) in [6, 6.07) is 7.12. The first kappa shape index (κ1) is 24.2. The van der Waals surface area contributed by atoms with Gasteiger partial charge in [-0.05, 0) is 57.0 Å².